The number of hydrogen-bond donors (Lipinski definition) is 1. The Bertz CT molecular complexity index is 1350. The van der Waals surface area contributed by atoms with Gasteiger partial charge in [0.15, 0.2) is 0 Å². The Balaban J connectivity index is 1.80. The zero-order valence-corrected chi connectivity index (χ0v) is 17.9. The van der Waals surface area contributed by atoms with Crippen molar-refractivity contribution in [2.75, 3.05) is 19.5 Å². The summed E-state index contributed by atoms with van der Waals surface area (Å²) in [4.78, 5) is 30.8. The average Bonchev–Trinajstić information content (AvgIpc) is 3.16. The third-order valence-electron chi connectivity index (χ3n) is 5.42. The molecule has 4 aromatic rings. The Morgan fingerprint density at radius 2 is 1.90 bits per heavy atom. The van der Waals surface area contributed by atoms with Gasteiger partial charge in [-0.25, -0.2) is 9.38 Å². The molecule has 0 fully saturated rings. The van der Waals surface area contributed by atoms with Crippen LogP contribution >= 0.6 is 0 Å². The van der Waals surface area contributed by atoms with Crippen LogP contribution in [-0.4, -0.2) is 34.1 Å². The van der Waals surface area contributed by atoms with Crippen LogP contribution in [0, 0.1) is 6.92 Å². The van der Waals surface area contributed by atoms with Crippen LogP contribution in [0.2, 0.25) is 0 Å². The van der Waals surface area contributed by atoms with E-state index in [1.807, 2.05) is 38.1 Å². The average molecular weight is 420 g/mol. The molecule has 2 aromatic carbocycles. The number of para-hydroxylation sites is 2. The van der Waals surface area contributed by atoms with Gasteiger partial charge < -0.3 is 19.4 Å². The van der Waals surface area contributed by atoms with Gasteiger partial charge in [-0.15, -0.1) is 0 Å². The highest BCUT2D eigenvalue weighted by atomic mass is 16.5. The standard InChI is InChI=1S/C23H24N4O4/c1-5-16-14(2)26(23-25-17-8-6-7-9-19(17)27(23)22(16)29)13-21(28)24-18-12-15(30-3)10-11-20(18)31-4/h6-12H,5,13H2,1-4H3,(H,24,28). The number of nitrogens with one attached hydrogen (secondary N) is 1. The summed E-state index contributed by atoms with van der Waals surface area (Å²) in [7, 11) is 3.10. The summed E-state index contributed by atoms with van der Waals surface area (Å²) in [6.07, 6.45) is 0.554. The van der Waals surface area contributed by atoms with Crippen LogP contribution in [0.1, 0.15) is 18.2 Å². The molecule has 0 saturated carbocycles. The zero-order chi connectivity index (χ0) is 22.1. The maximum absolute atomic E-state index is 13.1. The number of methoxy groups -OCH3 is 2. The molecule has 2 aromatic heterocycles. The summed E-state index contributed by atoms with van der Waals surface area (Å²) in [5, 5.41) is 2.88. The maximum atomic E-state index is 13.1. The van der Waals surface area contributed by atoms with Gasteiger partial charge in [-0.2, -0.15) is 0 Å². The first kappa shape index (κ1) is 20.5. The van der Waals surface area contributed by atoms with Gasteiger partial charge in [0, 0.05) is 17.3 Å². The van der Waals surface area contributed by atoms with Crippen molar-refractivity contribution in [3.05, 3.63) is 64.1 Å². The largest absolute Gasteiger partial charge is 0.497 e. The topological polar surface area (TPSA) is 86.9 Å². The molecule has 1 amide bonds. The van der Waals surface area contributed by atoms with Crippen molar-refractivity contribution in [3.8, 4) is 11.5 Å². The molecule has 4 rings (SSSR count). The molecule has 1 N–H and O–H groups in total. The van der Waals surface area contributed by atoms with Gasteiger partial charge in [0.05, 0.1) is 30.9 Å². The number of ether oxygens (including phenoxy) is 2. The van der Waals surface area contributed by atoms with Gasteiger partial charge in [-0.1, -0.05) is 19.1 Å². The van der Waals surface area contributed by atoms with E-state index >= 15 is 0 Å². The van der Waals surface area contributed by atoms with Crippen molar-refractivity contribution in [1.82, 2.24) is 14.0 Å². The summed E-state index contributed by atoms with van der Waals surface area (Å²) in [6, 6.07) is 12.6. The van der Waals surface area contributed by atoms with Crippen molar-refractivity contribution < 1.29 is 14.3 Å². The lowest BCUT2D eigenvalue weighted by Crippen LogP contribution is -2.28. The lowest BCUT2D eigenvalue weighted by atomic mass is 10.2. The monoisotopic (exact) mass is 420 g/mol. The van der Waals surface area contributed by atoms with Crippen molar-refractivity contribution in [2.45, 2.75) is 26.8 Å². The molecule has 0 aliphatic carbocycles. The second-order valence-corrected chi connectivity index (χ2v) is 7.16. The number of hydrogen-bond acceptors (Lipinski definition) is 5. The van der Waals surface area contributed by atoms with E-state index in [-0.39, 0.29) is 18.0 Å². The molecule has 8 heteroatoms. The Kier molecular flexibility index (Phi) is 5.37. The van der Waals surface area contributed by atoms with Gasteiger partial charge in [-0.3, -0.25) is 9.59 Å². The van der Waals surface area contributed by atoms with Crippen molar-refractivity contribution in [2.24, 2.45) is 0 Å². The number of fused-ring (bicyclic) bond motifs is 3. The second-order valence-electron chi connectivity index (χ2n) is 7.16. The number of rotatable bonds is 6. The first-order valence-electron chi connectivity index (χ1n) is 9.99. The molecular formula is C23H24N4O4. The summed E-state index contributed by atoms with van der Waals surface area (Å²) in [5.74, 6) is 1.30. The minimum Gasteiger partial charge on any atom is -0.497 e. The molecule has 0 radical (unpaired) electrons. The number of anilines is 1. The van der Waals surface area contributed by atoms with Gasteiger partial charge in [-0.05, 0) is 37.6 Å². The molecule has 31 heavy (non-hydrogen) atoms. The van der Waals surface area contributed by atoms with Crippen LogP contribution in [-0.2, 0) is 17.8 Å². The highest BCUT2D eigenvalue weighted by molar-refractivity contribution is 5.93. The van der Waals surface area contributed by atoms with Crippen molar-refractivity contribution in [1.29, 1.82) is 0 Å². The fourth-order valence-electron chi connectivity index (χ4n) is 3.84. The van der Waals surface area contributed by atoms with E-state index < -0.39 is 0 Å². The highest BCUT2D eigenvalue weighted by Crippen LogP contribution is 2.29. The number of carbonyl (C=O) groups excluding carboxylic acids is 1. The van der Waals surface area contributed by atoms with Gasteiger partial charge in [0.2, 0.25) is 11.7 Å². The van der Waals surface area contributed by atoms with Crippen LogP contribution in [0.15, 0.2) is 47.3 Å². The third-order valence-corrected chi connectivity index (χ3v) is 5.42. The predicted octanol–water partition coefficient (Wildman–Crippen LogP) is 3.18. The first-order valence-corrected chi connectivity index (χ1v) is 9.99. The lowest BCUT2D eigenvalue weighted by Gasteiger charge is -2.16. The molecule has 0 aliphatic heterocycles. The number of imidazole rings is 1. The number of carbonyl (C=O) groups is 1. The molecule has 0 atom stereocenters. The lowest BCUT2D eigenvalue weighted by molar-refractivity contribution is -0.116. The molecule has 0 saturated heterocycles. The van der Waals surface area contributed by atoms with E-state index in [1.54, 1.807) is 34.3 Å². The second kappa shape index (κ2) is 8.14. The number of nitrogens with zero attached hydrogens (tertiary/aromatic N) is 3. The van der Waals surface area contributed by atoms with E-state index in [2.05, 4.69) is 10.3 Å². The van der Waals surface area contributed by atoms with Crippen LogP contribution in [0.4, 0.5) is 5.69 Å². The van der Waals surface area contributed by atoms with Crippen LogP contribution in [0.3, 0.4) is 0 Å². The van der Waals surface area contributed by atoms with Crippen molar-refractivity contribution >= 4 is 28.4 Å². The molecule has 2 heterocycles. The normalized spacial score (nSPS) is 11.1. The minimum absolute atomic E-state index is 0.00764. The SMILES string of the molecule is CCc1c(C)n(CC(=O)Nc2cc(OC)ccc2OC)c2nc3ccccc3n2c1=O. The molecular weight excluding hydrogens is 396 g/mol. The summed E-state index contributed by atoms with van der Waals surface area (Å²) >= 11 is 0. The third kappa shape index (κ3) is 3.50. The van der Waals surface area contributed by atoms with Gasteiger partial charge in [0.25, 0.3) is 5.56 Å². The predicted molar refractivity (Wildman–Crippen MR) is 119 cm³/mol. The Morgan fingerprint density at radius 1 is 1.13 bits per heavy atom. The van der Waals surface area contributed by atoms with Crippen LogP contribution < -0.4 is 20.3 Å². The molecule has 160 valence electrons. The zero-order valence-electron chi connectivity index (χ0n) is 17.9. The van der Waals surface area contributed by atoms with E-state index in [1.165, 1.54) is 7.11 Å². The smallest absolute Gasteiger partial charge is 0.262 e. The summed E-state index contributed by atoms with van der Waals surface area (Å²) in [6.45, 7) is 3.77. The van der Waals surface area contributed by atoms with E-state index in [0.29, 0.717) is 40.5 Å². The molecule has 0 unspecified atom stereocenters. The summed E-state index contributed by atoms with van der Waals surface area (Å²) < 4.78 is 14.0. The summed E-state index contributed by atoms with van der Waals surface area (Å²) in [5.41, 5.74) is 3.21. The fourth-order valence-corrected chi connectivity index (χ4v) is 3.84. The first-order chi connectivity index (χ1) is 15.0. The number of amides is 1. The highest BCUT2D eigenvalue weighted by Gasteiger charge is 2.19. The quantitative estimate of drug-likeness (QED) is 0.518. The molecule has 8 nitrogen and oxygen atoms in total. The Labute approximate surface area is 179 Å². The van der Waals surface area contributed by atoms with Gasteiger partial charge in [0.1, 0.15) is 18.0 Å². The maximum Gasteiger partial charge on any atom is 0.262 e. The van der Waals surface area contributed by atoms with E-state index in [4.69, 9.17) is 9.47 Å². The number of benzene rings is 2. The minimum atomic E-state index is -0.269. The molecule has 0 bridgehead atoms. The fraction of sp³-hybridized carbons (Fsp3) is 0.261. The van der Waals surface area contributed by atoms with Crippen LogP contribution in [0.5, 0.6) is 11.5 Å². The Morgan fingerprint density at radius 3 is 2.61 bits per heavy atom. The van der Waals surface area contributed by atoms with Gasteiger partial charge >= 0.3 is 0 Å². The molecule has 0 spiro atoms. The number of aromatic nitrogens is 3. The van der Waals surface area contributed by atoms with E-state index in [0.717, 1.165) is 11.2 Å². The van der Waals surface area contributed by atoms with E-state index in [9.17, 15) is 9.59 Å². The Hall–Kier alpha value is -3.81. The molecule has 0 aliphatic rings. The van der Waals surface area contributed by atoms with Crippen molar-refractivity contribution in [3.63, 3.8) is 0 Å². The van der Waals surface area contributed by atoms with Crippen LogP contribution in [0.25, 0.3) is 16.8 Å².